The van der Waals surface area contributed by atoms with Crippen LogP contribution in [0.25, 0.3) is 4.83 Å². The van der Waals surface area contributed by atoms with Crippen molar-refractivity contribution in [3.05, 3.63) is 45.8 Å². The number of rotatable bonds is 10. The van der Waals surface area contributed by atoms with E-state index in [2.05, 4.69) is 6.58 Å². The zero-order valence-electron chi connectivity index (χ0n) is 22.4. The van der Waals surface area contributed by atoms with Crippen LogP contribution in [0.15, 0.2) is 35.7 Å². The second-order valence-electron chi connectivity index (χ2n) is 10.5. The summed E-state index contributed by atoms with van der Waals surface area (Å²) in [6, 6.07) is -0.641. The number of ether oxygens (including phenoxy) is 1. The number of nitrogens with two attached hydrogens (primary N) is 1. The van der Waals surface area contributed by atoms with Gasteiger partial charge in [-0.2, -0.15) is 4.40 Å². The standard InChI is InChI=1S/C26H30ClN5O7S2/c1-4-5-39-26(38)30-8-16(41-22-12(2)20-19(13(3)33)23(35)32(20)21(22)24(36)37)7-14(30)6-15-9-31-18(40-15)11-29(25(31)27)10-17(28)34/h4,9,11-14,16,19-20,33H,1,5-8,10H2,2-3H3,(H2-,28,34,36,37)/p+1/t12-,13-,14-,16+,19-,20-/m1/s1. The number of hydrogen-bond donors (Lipinski definition) is 3. The third-order valence-corrected chi connectivity index (χ3v) is 10.7. The van der Waals surface area contributed by atoms with Gasteiger partial charge in [-0.05, 0) is 13.3 Å². The van der Waals surface area contributed by atoms with Gasteiger partial charge in [0.2, 0.25) is 10.7 Å². The molecule has 0 bridgehead atoms. The van der Waals surface area contributed by atoms with Crippen molar-refractivity contribution >= 4 is 63.4 Å². The van der Waals surface area contributed by atoms with Gasteiger partial charge in [0.15, 0.2) is 12.7 Å². The van der Waals surface area contributed by atoms with Crippen molar-refractivity contribution in [1.82, 2.24) is 14.2 Å². The first kappa shape index (κ1) is 29.4. The van der Waals surface area contributed by atoms with E-state index >= 15 is 0 Å². The predicted octanol–water partition coefficient (Wildman–Crippen LogP) is 1.62. The Labute approximate surface area is 249 Å². The Bertz CT molecular complexity index is 1470. The third kappa shape index (κ3) is 5.22. The summed E-state index contributed by atoms with van der Waals surface area (Å²) in [6.45, 7) is 7.37. The van der Waals surface area contributed by atoms with Crippen molar-refractivity contribution < 1.29 is 38.7 Å². The molecule has 5 rings (SSSR count). The van der Waals surface area contributed by atoms with Crippen molar-refractivity contribution in [2.75, 3.05) is 13.2 Å². The van der Waals surface area contributed by atoms with Gasteiger partial charge in [0, 0.05) is 46.7 Å². The molecule has 2 aromatic heterocycles. The lowest BCUT2D eigenvalue weighted by atomic mass is 9.79. The van der Waals surface area contributed by atoms with Crippen LogP contribution in [0.4, 0.5) is 4.79 Å². The van der Waals surface area contributed by atoms with Crippen molar-refractivity contribution in [3.63, 3.8) is 0 Å². The number of thiazole rings is 1. The maximum absolute atomic E-state index is 13.0. The van der Waals surface area contributed by atoms with E-state index in [-0.39, 0.29) is 42.0 Å². The van der Waals surface area contributed by atoms with Crippen molar-refractivity contribution in [3.8, 4) is 0 Å². The van der Waals surface area contributed by atoms with E-state index in [0.29, 0.717) is 29.6 Å². The lowest BCUT2D eigenvalue weighted by Crippen LogP contribution is -2.63. The van der Waals surface area contributed by atoms with Crippen LogP contribution >= 0.6 is 34.7 Å². The number of thioether (sulfide) groups is 1. The molecule has 0 saturated carbocycles. The summed E-state index contributed by atoms with van der Waals surface area (Å²) in [4.78, 5) is 54.6. The van der Waals surface area contributed by atoms with E-state index < -0.39 is 36.0 Å². The smallest absolute Gasteiger partial charge is 0.410 e. The number of nitrogens with zero attached hydrogens (tertiary/aromatic N) is 4. The first-order chi connectivity index (χ1) is 19.4. The molecular formula is C26H31ClN5O7S2+. The van der Waals surface area contributed by atoms with Crippen molar-refractivity contribution in [2.24, 2.45) is 17.6 Å². The Hall–Kier alpha value is -3.07. The molecule has 220 valence electrons. The number of halogens is 1. The van der Waals surface area contributed by atoms with Crippen LogP contribution in [0.2, 0.25) is 5.28 Å². The SMILES string of the molecule is C=CCOC(=O)N1C[C@@H](SC2=C(C(=O)O)N3C(=O)[C@H]([C@@H](C)O)[C@H]3[C@H]2C)C[C@H]1Cc1cn2c(Cl)[n+](CC(N)=O)cc2s1. The first-order valence-corrected chi connectivity index (χ1v) is 15.2. The van der Waals surface area contributed by atoms with Gasteiger partial charge in [0.05, 0.1) is 22.9 Å². The Morgan fingerprint density at radius 3 is 2.76 bits per heavy atom. The summed E-state index contributed by atoms with van der Waals surface area (Å²) in [5.41, 5.74) is 5.27. The number of β-lactam (4-membered cyclic amide) rings is 1. The Morgan fingerprint density at radius 2 is 2.15 bits per heavy atom. The molecule has 6 atom stereocenters. The normalized spacial score (nSPS) is 26.3. The number of aliphatic carboxylic acids is 1. The van der Waals surface area contributed by atoms with Gasteiger partial charge in [-0.3, -0.25) is 9.59 Å². The number of likely N-dealkylation sites (tertiary alicyclic amines) is 1. The Kier molecular flexibility index (Phi) is 8.12. The third-order valence-electron chi connectivity index (χ3n) is 7.75. The molecule has 0 spiro atoms. The molecule has 5 heterocycles. The molecule has 0 unspecified atom stereocenters. The number of fused-ring (bicyclic) bond motifs is 2. The molecule has 15 heteroatoms. The number of amides is 3. The highest BCUT2D eigenvalue weighted by molar-refractivity contribution is 8.03. The van der Waals surface area contributed by atoms with Gasteiger partial charge >= 0.3 is 17.3 Å². The number of carbonyl (C=O) groups excluding carboxylic acids is 3. The molecule has 4 N–H and O–H groups in total. The summed E-state index contributed by atoms with van der Waals surface area (Å²) in [5.74, 6) is -2.98. The van der Waals surface area contributed by atoms with Crippen LogP contribution in [0, 0.1) is 11.8 Å². The minimum atomic E-state index is -1.18. The van der Waals surface area contributed by atoms with E-state index in [0.717, 1.165) is 9.71 Å². The second-order valence-corrected chi connectivity index (χ2v) is 13.3. The van der Waals surface area contributed by atoms with Gasteiger partial charge in [0.25, 0.3) is 5.91 Å². The highest BCUT2D eigenvalue weighted by Crippen LogP contribution is 2.52. The topological polar surface area (TPSA) is 159 Å². The highest BCUT2D eigenvalue weighted by Gasteiger charge is 2.60. The maximum Gasteiger partial charge on any atom is 0.410 e. The number of carboxylic acids is 1. The van der Waals surface area contributed by atoms with Crippen LogP contribution in [-0.4, -0.2) is 84.9 Å². The molecule has 0 radical (unpaired) electrons. The van der Waals surface area contributed by atoms with Gasteiger partial charge in [0.1, 0.15) is 18.5 Å². The monoisotopic (exact) mass is 624 g/mol. The predicted molar refractivity (Wildman–Crippen MR) is 151 cm³/mol. The minimum absolute atomic E-state index is 0.0362. The summed E-state index contributed by atoms with van der Waals surface area (Å²) in [6.07, 6.45) is 4.81. The van der Waals surface area contributed by atoms with Gasteiger partial charge in [-0.15, -0.1) is 11.8 Å². The van der Waals surface area contributed by atoms with Crippen LogP contribution in [0.5, 0.6) is 0 Å². The van der Waals surface area contributed by atoms with Gasteiger partial charge < -0.3 is 30.5 Å². The summed E-state index contributed by atoms with van der Waals surface area (Å²) < 4.78 is 8.68. The average molecular weight is 625 g/mol. The molecule has 0 aliphatic carbocycles. The fourth-order valence-corrected chi connectivity index (χ4v) is 9.01. The Balaban J connectivity index is 1.37. The number of carbonyl (C=O) groups is 4. The molecular weight excluding hydrogens is 594 g/mol. The van der Waals surface area contributed by atoms with E-state index in [4.69, 9.17) is 22.1 Å². The zero-order valence-corrected chi connectivity index (χ0v) is 24.8. The molecule has 2 fully saturated rings. The maximum atomic E-state index is 13.0. The quantitative estimate of drug-likeness (QED) is 0.204. The fraction of sp³-hybridized carbons (Fsp3) is 0.500. The van der Waals surface area contributed by atoms with Crippen molar-refractivity contribution in [2.45, 2.75) is 56.7 Å². The lowest BCUT2D eigenvalue weighted by molar-refractivity contribution is -0.680. The number of hydrogen-bond acceptors (Lipinski definition) is 8. The van der Waals surface area contributed by atoms with Crippen LogP contribution in [0.1, 0.15) is 25.1 Å². The number of aliphatic hydroxyl groups is 1. The summed E-state index contributed by atoms with van der Waals surface area (Å²) >= 11 is 9.30. The molecule has 3 aliphatic rings. The number of carboxylic acid groups (broad SMARTS) is 1. The van der Waals surface area contributed by atoms with Gasteiger partial charge in [-0.25, -0.2) is 14.2 Å². The number of aliphatic hydroxyl groups excluding tert-OH is 1. The largest absolute Gasteiger partial charge is 0.477 e. The number of imidazole rings is 1. The van der Waals surface area contributed by atoms with E-state index in [1.165, 1.54) is 34.1 Å². The molecule has 0 aromatic carbocycles. The van der Waals surface area contributed by atoms with E-state index in [1.807, 2.05) is 13.1 Å². The Morgan fingerprint density at radius 1 is 1.41 bits per heavy atom. The average Bonchev–Trinajstić information content (AvgIpc) is 3.60. The zero-order chi connectivity index (χ0) is 29.7. The first-order valence-electron chi connectivity index (χ1n) is 13.1. The molecule has 2 saturated heterocycles. The van der Waals surface area contributed by atoms with Gasteiger partial charge in [-0.1, -0.05) is 30.9 Å². The lowest BCUT2D eigenvalue weighted by Gasteiger charge is -2.46. The van der Waals surface area contributed by atoms with Crippen LogP contribution < -0.4 is 10.3 Å². The fourth-order valence-electron chi connectivity index (χ4n) is 6.03. The van der Waals surface area contributed by atoms with Crippen molar-refractivity contribution in [1.29, 1.82) is 0 Å². The molecule has 41 heavy (non-hydrogen) atoms. The molecule has 3 aliphatic heterocycles. The summed E-state index contributed by atoms with van der Waals surface area (Å²) in [5, 5.41) is 20.3. The highest BCUT2D eigenvalue weighted by atomic mass is 35.5. The molecule has 2 aromatic rings. The number of aromatic nitrogens is 2. The summed E-state index contributed by atoms with van der Waals surface area (Å²) in [7, 11) is 0. The van der Waals surface area contributed by atoms with E-state index in [1.54, 1.807) is 27.0 Å². The second kappa shape index (κ2) is 11.3. The van der Waals surface area contributed by atoms with Crippen LogP contribution in [-0.2, 0) is 32.1 Å². The number of primary amides is 1. The molecule has 3 amide bonds. The van der Waals surface area contributed by atoms with Crippen LogP contribution in [0.3, 0.4) is 0 Å². The minimum Gasteiger partial charge on any atom is -0.477 e. The van der Waals surface area contributed by atoms with E-state index in [9.17, 15) is 29.4 Å². The molecule has 12 nitrogen and oxygen atoms in total.